The number of aryl methyl sites for hydroxylation is 3. The molecular weight excluding hydrogens is 206 g/mol. The van der Waals surface area contributed by atoms with E-state index in [0.717, 1.165) is 17.8 Å². The number of nitrogen functional groups attached to an aromatic ring is 1. The van der Waals surface area contributed by atoms with Crippen LogP contribution in [0.5, 0.6) is 0 Å². The molecule has 0 aliphatic carbocycles. The van der Waals surface area contributed by atoms with E-state index < -0.39 is 0 Å². The summed E-state index contributed by atoms with van der Waals surface area (Å²) in [5.74, 6) is 0.389. The minimum Gasteiger partial charge on any atom is -0.367 e. The number of rotatable bonds is 3. The lowest BCUT2D eigenvalue weighted by atomic mass is 10.0. The predicted octanol–water partition coefficient (Wildman–Crippen LogP) is 2.21. The molecule has 3 nitrogen and oxygen atoms in total. The summed E-state index contributed by atoms with van der Waals surface area (Å²) in [6.07, 6.45) is 1.92. The van der Waals surface area contributed by atoms with Gasteiger partial charge in [0, 0.05) is 6.42 Å². The van der Waals surface area contributed by atoms with E-state index in [1.165, 1.54) is 22.7 Å². The first kappa shape index (κ1) is 10.1. The molecule has 2 N–H and O–H groups in total. The first-order valence-corrected chi connectivity index (χ1v) is 5.65. The first-order valence-electron chi connectivity index (χ1n) is 4.88. The van der Waals surface area contributed by atoms with E-state index in [1.807, 2.05) is 0 Å². The Morgan fingerprint density at radius 3 is 2.73 bits per heavy atom. The minimum atomic E-state index is 0.389. The molecular formula is C11H13N3S. The Morgan fingerprint density at radius 1 is 1.27 bits per heavy atom. The molecule has 0 atom stereocenters. The minimum absolute atomic E-state index is 0.389. The van der Waals surface area contributed by atoms with Gasteiger partial charge in [-0.1, -0.05) is 24.3 Å². The number of nitrogens with two attached hydrogens (primary N) is 1. The Morgan fingerprint density at radius 2 is 2.07 bits per heavy atom. The van der Waals surface area contributed by atoms with Gasteiger partial charge >= 0.3 is 0 Å². The number of benzene rings is 1. The molecule has 0 radical (unpaired) electrons. The molecule has 0 saturated carbocycles. The second kappa shape index (κ2) is 4.40. The Bertz CT molecular complexity index is 451. The summed E-state index contributed by atoms with van der Waals surface area (Å²) >= 11 is 1.39. The SMILES string of the molecule is Cc1ccccc1CCc1nc(N)ns1. The van der Waals surface area contributed by atoms with E-state index in [0.29, 0.717) is 5.95 Å². The largest absolute Gasteiger partial charge is 0.367 e. The highest BCUT2D eigenvalue weighted by molar-refractivity contribution is 7.05. The molecule has 0 aliphatic heterocycles. The molecule has 0 spiro atoms. The van der Waals surface area contributed by atoms with Crippen LogP contribution in [0.25, 0.3) is 0 Å². The third-order valence-electron chi connectivity index (χ3n) is 2.35. The molecule has 0 amide bonds. The molecule has 0 aliphatic rings. The highest BCUT2D eigenvalue weighted by Gasteiger charge is 2.02. The van der Waals surface area contributed by atoms with Crippen LogP contribution in [0.4, 0.5) is 5.95 Å². The summed E-state index contributed by atoms with van der Waals surface area (Å²) in [7, 11) is 0. The fourth-order valence-corrected chi connectivity index (χ4v) is 2.07. The van der Waals surface area contributed by atoms with Crippen molar-refractivity contribution in [3.8, 4) is 0 Å². The van der Waals surface area contributed by atoms with Crippen LogP contribution in [0.1, 0.15) is 16.1 Å². The van der Waals surface area contributed by atoms with Crippen LogP contribution in [0.2, 0.25) is 0 Å². The van der Waals surface area contributed by atoms with Crippen LogP contribution in [0.15, 0.2) is 24.3 Å². The quantitative estimate of drug-likeness (QED) is 0.861. The maximum absolute atomic E-state index is 5.47. The second-order valence-corrected chi connectivity index (χ2v) is 4.31. The van der Waals surface area contributed by atoms with Crippen molar-refractivity contribution >= 4 is 17.5 Å². The smallest absolute Gasteiger partial charge is 0.232 e. The zero-order valence-corrected chi connectivity index (χ0v) is 9.42. The third kappa shape index (κ3) is 2.53. The van der Waals surface area contributed by atoms with Crippen molar-refractivity contribution in [2.24, 2.45) is 0 Å². The van der Waals surface area contributed by atoms with Crippen LogP contribution in [-0.4, -0.2) is 9.36 Å². The number of nitrogens with zero attached hydrogens (tertiary/aromatic N) is 2. The van der Waals surface area contributed by atoms with Gasteiger partial charge in [-0.15, -0.1) is 0 Å². The standard InChI is InChI=1S/C11H13N3S/c1-8-4-2-3-5-9(8)6-7-10-13-11(12)14-15-10/h2-5H,6-7H2,1H3,(H2,12,14). The number of anilines is 1. The molecule has 0 unspecified atom stereocenters. The molecule has 78 valence electrons. The van der Waals surface area contributed by atoms with Gasteiger partial charge in [0.2, 0.25) is 5.95 Å². The van der Waals surface area contributed by atoms with Gasteiger partial charge in [0.25, 0.3) is 0 Å². The monoisotopic (exact) mass is 219 g/mol. The van der Waals surface area contributed by atoms with Crippen molar-refractivity contribution in [2.45, 2.75) is 19.8 Å². The summed E-state index contributed by atoms with van der Waals surface area (Å²) in [6, 6.07) is 8.40. The molecule has 2 rings (SSSR count). The van der Waals surface area contributed by atoms with Crippen molar-refractivity contribution in [3.63, 3.8) is 0 Å². The predicted molar refractivity (Wildman–Crippen MR) is 62.9 cm³/mol. The number of aromatic nitrogens is 2. The summed E-state index contributed by atoms with van der Waals surface area (Å²) < 4.78 is 3.96. The molecule has 1 aromatic heterocycles. The van der Waals surface area contributed by atoms with Gasteiger partial charge in [0.05, 0.1) is 0 Å². The molecule has 0 fully saturated rings. The van der Waals surface area contributed by atoms with Gasteiger partial charge in [-0.25, -0.2) is 4.98 Å². The second-order valence-electron chi connectivity index (χ2n) is 3.47. The van der Waals surface area contributed by atoms with E-state index in [2.05, 4.69) is 40.5 Å². The third-order valence-corrected chi connectivity index (χ3v) is 3.14. The summed E-state index contributed by atoms with van der Waals surface area (Å²) in [5, 5.41) is 1.01. The van der Waals surface area contributed by atoms with Crippen molar-refractivity contribution < 1.29 is 0 Å². The summed E-state index contributed by atoms with van der Waals surface area (Å²) in [4.78, 5) is 4.14. The van der Waals surface area contributed by atoms with E-state index in [-0.39, 0.29) is 0 Å². The van der Waals surface area contributed by atoms with Crippen molar-refractivity contribution in [3.05, 3.63) is 40.4 Å². The molecule has 1 heterocycles. The van der Waals surface area contributed by atoms with E-state index in [4.69, 9.17) is 5.73 Å². The van der Waals surface area contributed by atoms with Crippen LogP contribution in [0, 0.1) is 6.92 Å². The van der Waals surface area contributed by atoms with Gasteiger partial charge in [-0.3, -0.25) is 0 Å². The number of hydrogen-bond acceptors (Lipinski definition) is 4. The zero-order chi connectivity index (χ0) is 10.7. The zero-order valence-electron chi connectivity index (χ0n) is 8.60. The van der Waals surface area contributed by atoms with Crippen LogP contribution >= 0.6 is 11.5 Å². The average Bonchev–Trinajstić information content (AvgIpc) is 2.63. The van der Waals surface area contributed by atoms with Gasteiger partial charge in [0.15, 0.2) is 0 Å². The Kier molecular flexibility index (Phi) is 2.97. The molecule has 0 saturated heterocycles. The van der Waals surface area contributed by atoms with E-state index in [9.17, 15) is 0 Å². The normalized spacial score (nSPS) is 10.5. The molecule has 15 heavy (non-hydrogen) atoms. The van der Waals surface area contributed by atoms with Gasteiger partial charge in [0.1, 0.15) is 5.01 Å². The van der Waals surface area contributed by atoms with E-state index in [1.54, 1.807) is 0 Å². The summed E-state index contributed by atoms with van der Waals surface area (Å²) in [6.45, 7) is 2.13. The number of hydrogen-bond donors (Lipinski definition) is 1. The maximum Gasteiger partial charge on any atom is 0.232 e. The molecule has 1 aromatic carbocycles. The Labute approximate surface area is 93.1 Å². The van der Waals surface area contributed by atoms with Crippen molar-refractivity contribution in [2.75, 3.05) is 5.73 Å². The van der Waals surface area contributed by atoms with Crippen LogP contribution in [-0.2, 0) is 12.8 Å². The fourth-order valence-electron chi connectivity index (χ4n) is 1.50. The lowest BCUT2D eigenvalue weighted by Gasteiger charge is -2.02. The molecule has 0 bridgehead atoms. The lowest BCUT2D eigenvalue weighted by Crippen LogP contribution is -1.94. The van der Waals surface area contributed by atoms with Gasteiger partial charge in [-0.05, 0) is 36.0 Å². The fraction of sp³-hybridized carbons (Fsp3) is 0.273. The van der Waals surface area contributed by atoms with E-state index >= 15 is 0 Å². The van der Waals surface area contributed by atoms with Gasteiger partial charge in [-0.2, -0.15) is 4.37 Å². The Hall–Kier alpha value is -1.42. The highest BCUT2D eigenvalue weighted by atomic mass is 32.1. The van der Waals surface area contributed by atoms with Crippen molar-refractivity contribution in [1.29, 1.82) is 0 Å². The molecule has 4 heteroatoms. The lowest BCUT2D eigenvalue weighted by molar-refractivity contribution is 0.935. The van der Waals surface area contributed by atoms with Crippen molar-refractivity contribution in [1.82, 2.24) is 9.36 Å². The maximum atomic E-state index is 5.47. The highest BCUT2D eigenvalue weighted by Crippen LogP contribution is 2.13. The van der Waals surface area contributed by atoms with Crippen LogP contribution in [0.3, 0.4) is 0 Å². The Balaban J connectivity index is 2.02. The van der Waals surface area contributed by atoms with Gasteiger partial charge < -0.3 is 5.73 Å². The first-order chi connectivity index (χ1) is 7.25. The van der Waals surface area contributed by atoms with Crippen LogP contribution < -0.4 is 5.73 Å². The summed E-state index contributed by atoms with van der Waals surface area (Å²) in [5.41, 5.74) is 8.16. The molecule has 2 aromatic rings. The average molecular weight is 219 g/mol. The topological polar surface area (TPSA) is 51.8 Å².